The Morgan fingerprint density at radius 1 is 1.11 bits per heavy atom. The molecular formula is C20H23N5O2. The summed E-state index contributed by atoms with van der Waals surface area (Å²) in [7, 11) is 3.32. The number of hydrogen-bond acceptors (Lipinski definition) is 5. The maximum absolute atomic E-state index is 5.58. The number of aliphatic imine (C=N–C) groups is 1. The predicted molar refractivity (Wildman–Crippen MR) is 105 cm³/mol. The summed E-state index contributed by atoms with van der Waals surface area (Å²) in [5.41, 5.74) is 4.00. The monoisotopic (exact) mass is 365 g/mol. The number of oxazole rings is 1. The highest BCUT2D eigenvalue weighted by atomic mass is 16.5. The van der Waals surface area contributed by atoms with Crippen LogP contribution in [0.2, 0.25) is 0 Å². The molecule has 0 aliphatic carbocycles. The molecule has 27 heavy (non-hydrogen) atoms. The van der Waals surface area contributed by atoms with Crippen LogP contribution in [0.1, 0.15) is 16.8 Å². The minimum Gasteiger partial charge on any atom is -0.481 e. The molecule has 2 aromatic heterocycles. The Morgan fingerprint density at radius 3 is 2.56 bits per heavy atom. The normalized spacial score (nSPS) is 11.3. The van der Waals surface area contributed by atoms with Gasteiger partial charge in [0.2, 0.25) is 11.8 Å². The van der Waals surface area contributed by atoms with Crippen molar-refractivity contribution < 1.29 is 9.15 Å². The van der Waals surface area contributed by atoms with Crippen molar-refractivity contribution in [2.45, 2.75) is 20.0 Å². The average molecular weight is 365 g/mol. The van der Waals surface area contributed by atoms with Crippen LogP contribution in [0.4, 0.5) is 0 Å². The van der Waals surface area contributed by atoms with Crippen molar-refractivity contribution in [1.82, 2.24) is 20.6 Å². The lowest BCUT2D eigenvalue weighted by Crippen LogP contribution is -2.36. The van der Waals surface area contributed by atoms with E-state index in [1.807, 2.05) is 36.4 Å². The van der Waals surface area contributed by atoms with E-state index in [0.717, 1.165) is 16.8 Å². The number of guanidine groups is 1. The fraction of sp³-hybridized carbons (Fsp3) is 0.250. The van der Waals surface area contributed by atoms with Crippen LogP contribution >= 0.6 is 0 Å². The number of aromatic nitrogens is 2. The highest BCUT2D eigenvalue weighted by molar-refractivity contribution is 5.79. The number of methoxy groups -OCH3 is 1. The van der Waals surface area contributed by atoms with Crippen LogP contribution in [0, 0.1) is 6.92 Å². The summed E-state index contributed by atoms with van der Waals surface area (Å²) in [4.78, 5) is 12.9. The molecule has 0 aliphatic heterocycles. The van der Waals surface area contributed by atoms with Crippen molar-refractivity contribution in [1.29, 1.82) is 0 Å². The van der Waals surface area contributed by atoms with Gasteiger partial charge >= 0.3 is 0 Å². The first-order chi connectivity index (χ1) is 13.2. The van der Waals surface area contributed by atoms with Gasteiger partial charge in [-0.25, -0.2) is 9.97 Å². The van der Waals surface area contributed by atoms with Crippen LogP contribution in [0.15, 0.2) is 58.3 Å². The number of hydrogen-bond donors (Lipinski definition) is 2. The first kappa shape index (κ1) is 18.4. The van der Waals surface area contributed by atoms with E-state index < -0.39 is 0 Å². The molecular weight excluding hydrogens is 342 g/mol. The smallest absolute Gasteiger partial charge is 0.226 e. The third-order valence-electron chi connectivity index (χ3n) is 3.98. The minimum atomic E-state index is 0.510. The molecule has 0 aliphatic rings. The van der Waals surface area contributed by atoms with Crippen LogP contribution in [0.5, 0.6) is 5.88 Å². The highest BCUT2D eigenvalue weighted by Crippen LogP contribution is 2.19. The van der Waals surface area contributed by atoms with Crippen molar-refractivity contribution in [2.75, 3.05) is 14.2 Å². The number of benzene rings is 1. The van der Waals surface area contributed by atoms with Crippen molar-refractivity contribution in [3.63, 3.8) is 0 Å². The van der Waals surface area contributed by atoms with Gasteiger partial charge in [-0.2, -0.15) is 0 Å². The Morgan fingerprint density at radius 2 is 1.89 bits per heavy atom. The first-order valence-electron chi connectivity index (χ1n) is 8.63. The van der Waals surface area contributed by atoms with E-state index in [1.165, 1.54) is 5.56 Å². The van der Waals surface area contributed by atoms with Crippen LogP contribution in [0.25, 0.3) is 11.5 Å². The summed E-state index contributed by atoms with van der Waals surface area (Å²) < 4.78 is 10.6. The Bertz CT molecular complexity index is 885. The molecule has 0 unspecified atom stereocenters. The molecule has 0 saturated heterocycles. The van der Waals surface area contributed by atoms with Gasteiger partial charge in [0, 0.05) is 31.4 Å². The highest BCUT2D eigenvalue weighted by Gasteiger charge is 2.07. The van der Waals surface area contributed by atoms with E-state index in [2.05, 4.69) is 32.5 Å². The molecule has 0 amide bonds. The Kier molecular flexibility index (Phi) is 6.04. The van der Waals surface area contributed by atoms with Gasteiger partial charge in [-0.1, -0.05) is 23.8 Å². The summed E-state index contributed by atoms with van der Waals surface area (Å²) in [6, 6.07) is 11.9. The summed E-state index contributed by atoms with van der Waals surface area (Å²) in [5, 5.41) is 6.46. The molecule has 140 valence electrons. The average Bonchev–Trinajstić information content (AvgIpc) is 3.18. The number of nitrogens with zero attached hydrogens (tertiary/aromatic N) is 3. The summed E-state index contributed by atoms with van der Waals surface area (Å²) in [6.07, 6.45) is 3.42. The largest absolute Gasteiger partial charge is 0.481 e. The lowest BCUT2D eigenvalue weighted by Gasteiger charge is -2.10. The maximum Gasteiger partial charge on any atom is 0.226 e. The molecule has 0 saturated carbocycles. The van der Waals surface area contributed by atoms with Crippen molar-refractivity contribution in [2.24, 2.45) is 4.99 Å². The maximum atomic E-state index is 5.58. The van der Waals surface area contributed by atoms with E-state index >= 15 is 0 Å². The predicted octanol–water partition coefficient (Wildman–Crippen LogP) is 2.92. The molecule has 7 nitrogen and oxygen atoms in total. The second kappa shape index (κ2) is 8.84. The van der Waals surface area contributed by atoms with Crippen LogP contribution < -0.4 is 15.4 Å². The molecule has 0 atom stereocenters. The molecule has 1 aromatic carbocycles. The van der Waals surface area contributed by atoms with Crippen LogP contribution in [-0.2, 0) is 13.1 Å². The number of pyridine rings is 1. The molecule has 2 heterocycles. The molecule has 7 heteroatoms. The topological polar surface area (TPSA) is 84.6 Å². The second-order valence-electron chi connectivity index (χ2n) is 6.00. The summed E-state index contributed by atoms with van der Waals surface area (Å²) >= 11 is 0. The second-order valence-corrected chi connectivity index (χ2v) is 6.00. The molecule has 0 fully saturated rings. The quantitative estimate of drug-likeness (QED) is 0.516. The van der Waals surface area contributed by atoms with Gasteiger partial charge in [-0.05, 0) is 24.6 Å². The van der Waals surface area contributed by atoms with Gasteiger partial charge in [-0.3, -0.25) is 4.99 Å². The van der Waals surface area contributed by atoms with Crippen molar-refractivity contribution >= 4 is 5.96 Å². The summed E-state index contributed by atoms with van der Waals surface area (Å²) in [5.74, 6) is 1.88. The number of ether oxygens (including phenoxy) is 1. The lowest BCUT2D eigenvalue weighted by atomic mass is 10.1. The third kappa shape index (κ3) is 5.07. The van der Waals surface area contributed by atoms with Crippen molar-refractivity contribution in [3.8, 4) is 17.3 Å². The Labute approximate surface area is 158 Å². The number of aryl methyl sites for hydroxylation is 1. The van der Waals surface area contributed by atoms with Gasteiger partial charge in [0.15, 0.2) is 5.96 Å². The zero-order chi connectivity index (χ0) is 19.1. The molecule has 0 bridgehead atoms. The zero-order valence-electron chi connectivity index (χ0n) is 15.7. The standard InChI is InChI=1S/C20H23N5O2/c1-14-4-7-16(8-5-14)19-25-17(13-27-19)12-24-20(21-2)23-11-15-6-9-18(26-3)22-10-15/h4-10,13H,11-12H2,1-3H3,(H2,21,23,24). The van der Waals surface area contributed by atoms with Gasteiger partial charge in [-0.15, -0.1) is 0 Å². The fourth-order valence-corrected chi connectivity index (χ4v) is 2.43. The van der Waals surface area contributed by atoms with Gasteiger partial charge in [0.25, 0.3) is 0 Å². The van der Waals surface area contributed by atoms with Crippen molar-refractivity contribution in [3.05, 3.63) is 65.7 Å². The van der Waals surface area contributed by atoms with E-state index in [-0.39, 0.29) is 0 Å². The van der Waals surface area contributed by atoms with Gasteiger partial charge in [0.1, 0.15) is 6.26 Å². The molecule has 0 spiro atoms. The Hall–Kier alpha value is -3.35. The first-order valence-corrected chi connectivity index (χ1v) is 8.63. The Balaban J connectivity index is 1.52. The molecule has 3 aromatic rings. The van der Waals surface area contributed by atoms with E-state index in [0.29, 0.717) is 30.8 Å². The molecule has 0 radical (unpaired) electrons. The number of rotatable bonds is 6. The van der Waals surface area contributed by atoms with Gasteiger partial charge < -0.3 is 19.8 Å². The van der Waals surface area contributed by atoms with Crippen LogP contribution in [-0.4, -0.2) is 30.1 Å². The zero-order valence-corrected chi connectivity index (χ0v) is 15.7. The number of nitrogens with one attached hydrogen (secondary N) is 2. The third-order valence-corrected chi connectivity index (χ3v) is 3.98. The minimum absolute atomic E-state index is 0.510. The summed E-state index contributed by atoms with van der Waals surface area (Å²) in [6.45, 7) is 3.16. The lowest BCUT2D eigenvalue weighted by molar-refractivity contribution is 0.397. The van der Waals surface area contributed by atoms with Gasteiger partial charge in [0.05, 0.1) is 19.3 Å². The van der Waals surface area contributed by atoms with E-state index in [9.17, 15) is 0 Å². The van der Waals surface area contributed by atoms with E-state index in [4.69, 9.17) is 9.15 Å². The molecule has 2 N–H and O–H groups in total. The molecule has 3 rings (SSSR count). The fourth-order valence-electron chi connectivity index (χ4n) is 2.43. The SMILES string of the molecule is CN=C(NCc1ccc(OC)nc1)NCc1coc(-c2ccc(C)cc2)n1. The van der Waals surface area contributed by atoms with E-state index in [1.54, 1.807) is 26.6 Å². The van der Waals surface area contributed by atoms with Crippen LogP contribution in [0.3, 0.4) is 0 Å².